The molecule has 6 heteroatoms. The summed E-state index contributed by atoms with van der Waals surface area (Å²) in [6.45, 7) is 4.18. The molecule has 1 heterocycles. The Morgan fingerprint density at radius 1 is 0.842 bits per heavy atom. The second-order valence-corrected chi connectivity index (χ2v) is 9.56. The number of rotatable bonds is 6. The lowest BCUT2D eigenvalue weighted by atomic mass is 9.93. The van der Waals surface area contributed by atoms with Crippen molar-refractivity contribution in [2.45, 2.75) is 25.8 Å². The van der Waals surface area contributed by atoms with E-state index in [1.807, 2.05) is 60.7 Å². The first-order chi connectivity index (χ1) is 18.3. The molecular formula is C32H29NO5. The summed E-state index contributed by atoms with van der Waals surface area (Å²) in [6.07, 6.45) is 0. The summed E-state index contributed by atoms with van der Waals surface area (Å²) in [6, 6.07) is 25.1. The maximum absolute atomic E-state index is 13.6. The molecule has 6 nitrogen and oxygen atoms in total. The van der Waals surface area contributed by atoms with Gasteiger partial charge in [-0.2, -0.15) is 0 Å². The van der Waals surface area contributed by atoms with E-state index in [9.17, 15) is 14.7 Å². The molecule has 0 aliphatic carbocycles. The van der Waals surface area contributed by atoms with Crippen LogP contribution in [0, 0.1) is 0 Å². The van der Waals surface area contributed by atoms with E-state index >= 15 is 0 Å². The number of hydrogen-bond donors (Lipinski definition) is 1. The fourth-order valence-electron chi connectivity index (χ4n) is 5.03. The number of aliphatic hydroxyl groups excluding tert-OH is 1. The molecule has 1 aliphatic rings. The van der Waals surface area contributed by atoms with E-state index in [4.69, 9.17) is 9.47 Å². The van der Waals surface area contributed by atoms with Gasteiger partial charge in [-0.3, -0.25) is 14.5 Å². The van der Waals surface area contributed by atoms with Gasteiger partial charge in [-0.05, 0) is 52.1 Å². The highest BCUT2D eigenvalue weighted by atomic mass is 16.5. The molecule has 1 unspecified atom stereocenters. The topological polar surface area (TPSA) is 76.1 Å². The third kappa shape index (κ3) is 4.18. The molecule has 1 saturated heterocycles. The van der Waals surface area contributed by atoms with Gasteiger partial charge in [-0.25, -0.2) is 0 Å². The number of aliphatic hydroxyl groups is 1. The number of carbonyl (C=O) groups is 2. The molecule has 4 aromatic rings. The fraction of sp³-hybridized carbons (Fsp3) is 0.188. The number of nitrogens with zero attached hydrogens (tertiary/aromatic N) is 1. The van der Waals surface area contributed by atoms with Crippen molar-refractivity contribution >= 4 is 33.9 Å². The van der Waals surface area contributed by atoms with E-state index in [0.717, 1.165) is 16.3 Å². The maximum Gasteiger partial charge on any atom is 0.300 e. The summed E-state index contributed by atoms with van der Waals surface area (Å²) in [5, 5.41) is 13.4. The fourth-order valence-corrected chi connectivity index (χ4v) is 5.03. The summed E-state index contributed by atoms with van der Waals surface area (Å²) >= 11 is 0. The predicted molar refractivity (Wildman–Crippen MR) is 149 cm³/mol. The van der Waals surface area contributed by atoms with Crippen LogP contribution in [0.4, 0.5) is 5.69 Å². The van der Waals surface area contributed by atoms with Crippen molar-refractivity contribution < 1.29 is 24.2 Å². The number of ether oxygens (including phenoxy) is 2. The Balaban J connectivity index is 1.76. The minimum absolute atomic E-state index is 0.0199. The summed E-state index contributed by atoms with van der Waals surface area (Å²) in [4.78, 5) is 28.6. The van der Waals surface area contributed by atoms with Gasteiger partial charge in [0.2, 0.25) is 0 Å². The number of fused-ring (bicyclic) bond motifs is 1. The molecule has 4 aromatic carbocycles. The Morgan fingerprint density at radius 3 is 2.21 bits per heavy atom. The number of amides is 1. The number of methoxy groups -OCH3 is 2. The third-order valence-corrected chi connectivity index (χ3v) is 7.05. The van der Waals surface area contributed by atoms with Crippen LogP contribution in [0.5, 0.6) is 11.5 Å². The van der Waals surface area contributed by atoms with Crippen LogP contribution in [-0.2, 0) is 9.59 Å². The van der Waals surface area contributed by atoms with Crippen LogP contribution < -0.4 is 14.4 Å². The predicted octanol–water partition coefficient (Wildman–Crippen LogP) is 6.61. The van der Waals surface area contributed by atoms with Crippen molar-refractivity contribution in [3.05, 3.63) is 107 Å². The zero-order valence-electron chi connectivity index (χ0n) is 21.8. The highest BCUT2D eigenvalue weighted by Crippen LogP contribution is 2.45. The molecule has 0 bridgehead atoms. The van der Waals surface area contributed by atoms with Crippen LogP contribution in [0.25, 0.3) is 16.5 Å². The van der Waals surface area contributed by atoms with Crippen molar-refractivity contribution in [2.75, 3.05) is 19.1 Å². The van der Waals surface area contributed by atoms with Crippen molar-refractivity contribution in [1.29, 1.82) is 0 Å². The molecule has 0 radical (unpaired) electrons. The number of benzene rings is 4. The Hall–Kier alpha value is -4.58. The van der Waals surface area contributed by atoms with Crippen LogP contribution in [0.3, 0.4) is 0 Å². The average molecular weight is 508 g/mol. The van der Waals surface area contributed by atoms with E-state index in [0.29, 0.717) is 34.2 Å². The molecule has 5 rings (SSSR count). The summed E-state index contributed by atoms with van der Waals surface area (Å²) in [7, 11) is 3.07. The standard InChI is InChI=1S/C32H29NO5/c1-19(2)20-12-15-23(16-13-20)33-29(22-14-17-26(37-3)27(18-22)38-4)28(31(35)32(33)36)30(34)25-11-7-9-21-8-5-6-10-24(21)25/h5-19,29,34H,1-4H3/b30-28+. The molecule has 0 aromatic heterocycles. The molecule has 1 N–H and O–H groups in total. The van der Waals surface area contributed by atoms with Gasteiger partial charge in [0.1, 0.15) is 5.76 Å². The van der Waals surface area contributed by atoms with Crippen molar-refractivity contribution in [2.24, 2.45) is 0 Å². The van der Waals surface area contributed by atoms with Gasteiger partial charge in [0, 0.05) is 11.3 Å². The van der Waals surface area contributed by atoms with Gasteiger partial charge in [0.15, 0.2) is 11.5 Å². The lowest BCUT2D eigenvalue weighted by Gasteiger charge is -2.26. The minimum Gasteiger partial charge on any atom is -0.507 e. The Kier molecular flexibility index (Phi) is 6.64. The van der Waals surface area contributed by atoms with E-state index < -0.39 is 17.7 Å². The lowest BCUT2D eigenvalue weighted by Crippen LogP contribution is -2.29. The molecule has 38 heavy (non-hydrogen) atoms. The molecule has 1 aliphatic heterocycles. The summed E-state index contributed by atoms with van der Waals surface area (Å²) < 4.78 is 10.9. The van der Waals surface area contributed by atoms with E-state index in [-0.39, 0.29) is 11.3 Å². The monoisotopic (exact) mass is 507 g/mol. The zero-order valence-corrected chi connectivity index (χ0v) is 21.8. The molecule has 0 saturated carbocycles. The zero-order chi connectivity index (χ0) is 27.0. The minimum atomic E-state index is -0.876. The number of ketones is 1. The van der Waals surface area contributed by atoms with Crippen LogP contribution in [-0.4, -0.2) is 31.0 Å². The van der Waals surface area contributed by atoms with Gasteiger partial charge < -0.3 is 14.6 Å². The number of Topliss-reactive ketones (excluding diaryl/α,β-unsaturated/α-hetero) is 1. The van der Waals surface area contributed by atoms with Crippen molar-refractivity contribution in [1.82, 2.24) is 0 Å². The Labute approximate surface area is 221 Å². The number of hydrogen-bond acceptors (Lipinski definition) is 5. The Bertz CT molecular complexity index is 1560. The first-order valence-electron chi connectivity index (χ1n) is 12.5. The quantitative estimate of drug-likeness (QED) is 0.181. The first-order valence-corrected chi connectivity index (χ1v) is 12.5. The largest absolute Gasteiger partial charge is 0.507 e. The highest BCUT2D eigenvalue weighted by molar-refractivity contribution is 6.51. The third-order valence-electron chi connectivity index (χ3n) is 7.05. The number of anilines is 1. The van der Waals surface area contributed by atoms with Crippen LogP contribution in [0.15, 0.2) is 90.5 Å². The van der Waals surface area contributed by atoms with Gasteiger partial charge in [-0.1, -0.05) is 74.5 Å². The van der Waals surface area contributed by atoms with Crippen molar-refractivity contribution in [3.8, 4) is 11.5 Å². The normalized spacial score (nSPS) is 16.9. The molecular weight excluding hydrogens is 478 g/mol. The Morgan fingerprint density at radius 2 is 1.53 bits per heavy atom. The second-order valence-electron chi connectivity index (χ2n) is 9.56. The van der Waals surface area contributed by atoms with E-state index in [2.05, 4.69) is 13.8 Å². The maximum atomic E-state index is 13.6. The summed E-state index contributed by atoms with van der Waals surface area (Å²) in [5.74, 6) is -0.389. The first kappa shape index (κ1) is 25.1. The highest BCUT2D eigenvalue weighted by Gasteiger charge is 2.47. The van der Waals surface area contributed by atoms with Crippen LogP contribution in [0.1, 0.15) is 42.5 Å². The van der Waals surface area contributed by atoms with Crippen molar-refractivity contribution in [3.63, 3.8) is 0 Å². The van der Waals surface area contributed by atoms with Gasteiger partial charge >= 0.3 is 0 Å². The molecule has 1 atom stereocenters. The van der Waals surface area contributed by atoms with Crippen LogP contribution >= 0.6 is 0 Å². The van der Waals surface area contributed by atoms with Crippen LogP contribution in [0.2, 0.25) is 0 Å². The molecule has 1 amide bonds. The van der Waals surface area contributed by atoms with Gasteiger partial charge in [0.25, 0.3) is 11.7 Å². The van der Waals surface area contributed by atoms with E-state index in [1.165, 1.54) is 12.0 Å². The lowest BCUT2D eigenvalue weighted by molar-refractivity contribution is -0.132. The SMILES string of the molecule is COc1ccc(C2/C(=C(\O)c3cccc4ccccc34)C(=O)C(=O)N2c2ccc(C(C)C)cc2)cc1OC. The molecule has 0 spiro atoms. The second kappa shape index (κ2) is 10.1. The van der Waals surface area contributed by atoms with Gasteiger partial charge in [0.05, 0.1) is 25.8 Å². The average Bonchev–Trinajstić information content (AvgIpc) is 3.21. The number of carbonyl (C=O) groups excluding carboxylic acids is 2. The smallest absolute Gasteiger partial charge is 0.300 e. The summed E-state index contributed by atoms with van der Waals surface area (Å²) in [5.41, 5.74) is 2.79. The molecule has 192 valence electrons. The van der Waals surface area contributed by atoms with E-state index in [1.54, 1.807) is 31.4 Å². The molecule has 1 fully saturated rings. The van der Waals surface area contributed by atoms with Gasteiger partial charge in [-0.15, -0.1) is 0 Å².